The summed E-state index contributed by atoms with van der Waals surface area (Å²) in [7, 11) is 0. The van der Waals surface area contributed by atoms with Gasteiger partial charge >= 0.3 is 0 Å². The van der Waals surface area contributed by atoms with Crippen molar-refractivity contribution >= 4 is 0 Å². The smallest absolute Gasteiger partial charge is 0.123 e. The minimum Gasteiger partial charge on any atom is -0.507 e. The summed E-state index contributed by atoms with van der Waals surface area (Å²) in [5, 5.41) is 12.6. The minimum atomic E-state index is -0.166. The maximum atomic E-state index is 12.6. The van der Waals surface area contributed by atoms with E-state index in [2.05, 4.69) is 194 Å². The normalized spacial score (nSPS) is 11.3. The molecule has 0 heterocycles. The second-order valence-electron chi connectivity index (χ2n) is 11.8. The summed E-state index contributed by atoms with van der Waals surface area (Å²) in [4.78, 5) is 0. The van der Waals surface area contributed by atoms with E-state index in [-0.39, 0.29) is 17.8 Å². The van der Waals surface area contributed by atoms with Gasteiger partial charge in [-0.3, -0.25) is 0 Å². The maximum Gasteiger partial charge on any atom is 0.123 e. The summed E-state index contributed by atoms with van der Waals surface area (Å²) in [5.74, 6) is -0.0279. The molecule has 7 aromatic rings. The lowest BCUT2D eigenvalue weighted by molar-refractivity contribution is 0.458. The number of hydrogen-bond acceptors (Lipinski definition) is 1. The second kappa shape index (κ2) is 13.5. The van der Waals surface area contributed by atoms with Crippen molar-refractivity contribution in [2.45, 2.75) is 17.8 Å². The van der Waals surface area contributed by atoms with Crippen LogP contribution in [0.3, 0.4) is 0 Å². The number of phenolic OH excluding ortho intramolecular Hbond substituents is 1. The van der Waals surface area contributed by atoms with Crippen LogP contribution in [0.1, 0.15) is 67.8 Å². The van der Waals surface area contributed by atoms with Crippen LogP contribution >= 0.6 is 0 Å². The van der Waals surface area contributed by atoms with E-state index >= 15 is 0 Å². The Hall–Kier alpha value is -5.66. The largest absolute Gasteiger partial charge is 0.507 e. The molecule has 7 aromatic carbocycles. The Bertz CT molecular complexity index is 1750. The molecule has 0 aliphatic heterocycles. The molecular weight excluding hydrogens is 556 g/mol. The molecule has 1 N–H and O–H groups in total. The van der Waals surface area contributed by atoms with E-state index in [0.717, 1.165) is 38.9 Å². The molecule has 0 spiro atoms. The van der Waals surface area contributed by atoms with Crippen LogP contribution in [0.5, 0.6) is 5.75 Å². The first-order valence-corrected chi connectivity index (χ1v) is 15.9. The summed E-state index contributed by atoms with van der Waals surface area (Å²) in [6, 6.07) is 68.1. The molecule has 0 aromatic heterocycles. The van der Waals surface area contributed by atoms with Gasteiger partial charge in [0.25, 0.3) is 0 Å². The highest BCUT2D eigenvalue weighted by Gasteiger charge is 2.29. The van der Waals surface area contributed by atoms with Gasteiger partial charge in [0.1, 0.15) is 5.75 Å². The number of hydrogen-bond donors (Lipinski definition) is 1. The lowest BCUT2D eigenvalue weighted by Crippen LogP contribution is -2.12. The Morgan fingerprint density at radius 1 is 0.261 bits per heavy atom. The van der Waals surface area contributed by atoms with Gasteiger partial charge in [-0.1, -0.05) is 194 Å². The zero-order valence-electron chi connectivity index (χ0n) is 25.7. The maximum absolute atomic E-state index is 12.6. The molecule has 0 saturated heterocycles. The average Bonchev–Trinajstić information content (AvgIpc) is 3.13. The molecule has 1 heteroatoms. The SMILES string of the molecule is Oc1c(C(c2ccccc2)c2ccccc2)cc(C(c2ccccc2)c2ccccc2)cc1C(c1ccccc1)c1ccccc1. The van der Waals surface area contributed by atoms with Crippen molar-refractivity contribution in [3.63, 3.8) is 0 Å². The molecule has 0 radical (unpaired) electrons. The molecule has 0 bridgehead atoms. The summed E-state index contributed by atoms with van der Waals surface area (Å²) in [6.45, 7) is 0. The quantitative estimate of drug-likeness (QED) is 0.165. The molecule has 0 atom stereocenters. The Balaban J connectivity index is 1.56. The van der Waals surface area contributed by atoms with Crippen LogP contribution in [0.15, 0.2) is 194 Å². The van der Waals surface area contributed by atoms with Gasteiger partial charge in [-0.15, -0.1) is 0 Å². The highest BCUT2D eigenvalue weighted by atomic mass is 16.3. The van der Waals surface area contributed by atoms with Gasteiger partial charge in [0, 0.05) is 28.9 Å². The van der Waals surface area contributed by atoms with Crippen molar-refractivity contribution in [2.24, 2.45) is 0 Å². The Labute approximate surface area is 272 Å². The van der Waals surface area contributed by atoms with Crippen molar-refractivity contribution in [1.29, 1.82) is 0 Å². The third kappa shape index (κ3) is 6.01. The van der Waals surface area contributed by atoms with Gasteiger partial charge in [0.15, 0.2) is 0 Å². The van der Waals surface area contributed by atoms with Gasteiger partial charge in [0.2, 0.25) is 0 Å². The molecule has 222 valence electrons. The number of benzene rings is 7. The van der Waals surface area contributed by atoms with E-state index in [4.69, 9.17) is 0 Å². The molecular formula is C45H36O. The van der Waals surface area contributed by atoms with Crippen molar-refractivity contribution < 1.29 is 5.11 Å². The monoisotopic (exact) mass is 592 g/mol. The molecule has 0 saturated carbocycles. The molecule has 0 aliphatic carbocycles. The first kappa shape index (κ1) is 29.1. The molecule has 1 nitrogen and oxygen atoms in total. The van der Waals surface area contributed by atoms with E-state index in [1.54, 1.807) is 0 Å². The number of aromatic hydroxyl groups is 1. The van der Waals surface area contributed by atoms with Crippen LogP contribution in [0.2, 0.25) is 0 Å². The highest BCUT2D eigenvalue weighted by molar-refractivity contribution is 5.60. The summed E-state index contributed by atoms with van der Waals surface area (Å²) in [6.07, 6.45) is 0. The summed E-state index contributed by atoms with van der Waals surface area (Å²) in [5.41, 5.74) is 9.92. The van der Waals surface area contributed by atoms with Crippen LogP contribution < -0.4 is 0 Å². The van der Waals surface area contributed by atoms with Gasteiger partial charge < -0.3 is 5.11 Å². The third-order valence-corrected chi connectivity index (χ3v) is 8.94. The van der Waals surface area contributed by atoms with Crippen molar-refractivity contribution in [3.8, 4) is 5.75 Å². The van der Waals surface area contributed by atoms with Crippen LogP contribution in [0.4, 0.5) is 0 Å². The molecule has 7 rings (SSSR count). The van der Waals surface area contributed by atoms with Crippen LogP contribution in [0.25, 0.3) is 0 Å². The molecule has 0 amide bonds. The topological polar surface area (TPSA) is 20.2 Å². The van der Waals surface area contributed by atoms with Crippen molar-refractivity contribution in [3.05, 3.63) is 244 Å². The van der Waals surface area contributed by atoms with Gasteiger partial charge in [-0.05, 0) is 38.9 Å². The fourth-order valence-electron chi connectivity index (χ4n) is 6.86. The van der Waals surface area contributed by atoms with Crippen molar-refractivity contribution in [1.82, 2.24) is 0 Å². The third-order valence-electron chi connectivity index (χ3n) is 8.94. The molecule has 0 fully saturated rings. The van der Waals surface area contributed by atoms with Crippen molar-refractivity contribution in [2.75, 3.05) is 0 Å². The van der Waals surface area contributed by atoms with Crippen LogP contribution in [-0.2, 0) is 0 Å². The fourth-order valence-corrected chi connectivity index (χ4v) is 6.86. The van der Waals surface area contributed by atoms with E-state index < -0.39 is 0 Å². The average molecular weight is 593 g/mol. The first-order chi connectivity index (χ1) is 22.8. The van der Waals surface area contributed by atoms with Gasteiger partial charge in [0.05, 0.1) is 0 Å². The van der Waals surface area contributed by atoms with E-state index in [9.17, 15) is 5.11 Å². The summed E-state index contributed by atoms with van der Waals surface area (Å²) < 4.78 is 0. The van der Waals surface area contributed by atoms with E-state index in [0.29, 0.717) is 5.75 Å². The first-order valence-electron chi connectivity index (χ1n) is 15.9. The van der Waals surface area contributed by atoms with Crippen LogP contribution in [0, 0.1) is 0 Å². The Morgan fingerprint density at radius 2 is 0.478 bits per heavy atom. The summed E-state index contributed by atoms with van der Waals surface area (Å²) >= 11 is 0. The number of phenols is 1. The predicted octanol–water partition coefficient (Wildman–Crippen LogP) is 10.9. The Morgan fingerprint density at radius 3 is 0.717 bits per heavy atom. The van der Waals surface area contributed by atoms with Crippen LogP contribution in [-0.4, -0.2) is 5.11 Å². The molecule has 46 heavy (non-hydrogen) atoms. The van der Waals surface area contributed by atoms with E-state index in [1.807, 2.05) is 0 Å². The van der Waals surface area contributed by atoms with Gasteiger partial charge in [-0.2, -0.15) is 0 Å². The standard InChI is InChI=1S/C45H36O/c46-45-40(43(35-23-11-3-12-24-35)36-25-13-4-14-26-36)31-39(42(33-19-7-1-8-20-33)34-21-9-2-10-22-34)32-41(45)44(37-27-15-5-16-28-37)38-29-17-6-18-30-38/h1-32,42-44,46H. The van der Waals surface area contributed by atoms with Gasteiger partial charge in [-0.25, -0.2) is 0 Å². The zero-order valence-corrected chi connectivity index (χ0v) is 25.7. The lowest BCUT2D eigenvalue weighted by atomic mass is 9.76. The predicted molar refractivity (Wildman–Crippen MR) is 190 cm³/mol. The fraction of sp³-hybridized carbons (Fsp3) is 0.0667. The zero-order chi connectivity index (χ0) is 31.1. The second-order valence-corrected chi connectivity index (χ2v) is 11.8. The minimum absolute atomic E-state index is 0.0279. The highest BCUT2D eigenvalue weighted by Crippen LogP contribution is 2.47. The number of rotatable bonds is 9. The lowest BCUT2D eigenvalue weighted by Gasteiger charge is -2.28. The molecule has 0 unspecified atom stereocenters. The van der Waals surface area contributed by atoms with E-state index in [1.165, 1.54) is 11.1 Å². The molecule has 0 aliphatic rings. The Kier molecular flexibility index (Phi) is 8.56.